The van der Waals surface area contributed by atoms with Crippen LogP contribution in [0.2, 0.25) is 0 Å². The average Bonchev–Trinajstić information content (AvgIpc) is 3.23. The summed E-state index contributed by atoms with van der Waals surface area (Å²) >= 11 is 1.55. The number of benzene rings is 1. The monoisotopic (exact) mass is 488 g/mol. The summed E-state index contributed by atoms with van der Waals surface area (Å²) < 4.78 is 39.0. The number of halogens is 3. The van der Waals surface area contributed by atoms with Gasteiger partial charge in [-0.05, 0) is 67.5 Å². The number of anilines is 2. The third-order valence-corrected chi connectivity index (χ3v) is 6.83. The van der Waals surface area contributed by atoms with Crippen molar-refractivity contribution in [2.75, 3.05) is 5.32 Å². The summed E-state index contributed by atoms with van der Waals surface area (Å²) in [7, 11) is 0. The van der Waals surface area contributed by atoms with E-state index in [1.807, 2.05) is 38.1 Å². The Balaban J connectivity index is 1.64. The highest BCUT2D eigenvalue weighted by Gasteiger charge is 2.32. The molecule has 1 aliphatic carbocycles. The number of aromatic nitrogens is 3. The summed E-state index contributed by atoms with van der Waals surface area (Å²) in [5, 5.41) is 13.0. The van der Waals surface area contributed by atoms with Crippen LogP contribution in [0.1, 0.15) is 48.1 Å². The van der Waals surface area contributed by atoms with Gasteiger partial charge in [-0.1, -0.05) is 19.1 Å². The standard InChI is InChI=1S/C24H23F3N4O2S/c1-3-18-20(34-21(30-18)14-4-6-15(7-5-14)22(32)33)16-10-13(2)11-17(12-16)29-23-28-9-8-19(31-23)24(25,26)27/h4,8-12,15H,3,5-7H2,1-2H3,(H,32,33)(H,28,29,31). The lowest BCUT2D eigenvalue weighted by Crippen LogP contribution is -2.15. The van der Waals surface area contributed by atoms with Crippen LogP contribution in [0.3, 0.4) is 0 Å². The normalized spacial score (nSPS) is 16.3. The zero-order valence-electron chi connectivity index (χ0n) is 18.6. The molecule has 178 valence electrons. The Labute approximate surface area is 198 Å². The molecule has 1 atom stereocenters. The third kappa shape index (κ3) is 5.27. The van der Waals surface area contributed by atoms with Crippen molar-refractivity contribution in [1.82, 2.24) is 15.0 Å². The molecule has 0 aliphatic heterocycles. The molecule has 0 radical (unpaired) electrons. The first-order chi connectivity index (χ1) is 16.1. The number of carboxylic acid groups (broad SMARTS) is 1. The predicted octanol–water partition coefficient (Wildman–Crippen LogP) is 6.50. The van der Waals surface area contributed by atoms with Crippen LogP contribution in [-0.4, -0.2) is 26.0 Å². The van der Waals surface area contributed by atoms with E-state index >= 15 is 0 Å². The maximum atomic E-state index is 13.0. The summed E-state index contributed by atoms with van der Waals surface area (Å²) in [4.78, 5) is 24.5. The molecule has 2 N–H and O–H groups in total. The van der Waals surface area contributed by atoms with Gasteiger partial charge in [-0.2, -0.15) is 13.2 Å². The SMILES string of the molecule is CCc1nc(C2=CCC(C(=O)O)CC2)sc1-c1cc(C)cc(Nc2nccc(C(F)(F)F)n2)c1. The molecule has 1 unspecified atom stereocenters. The van der Waals surface area contributed by atoms with Gasteiger partial charge in [-0.15, -0.1) is 11.3 Å². The predicted molar refractivity (Wildman–Crippen MR) is 125 cm³/mol. The fraction of sp³-hybridized carbons (Fsp3) is 0.333. The quantitative estimate of drug-likeness (QED) is 0.412. The zero-order valence-corrected chi connectivity index (χ0v) is 19.4. The molecule has 0 fully saturated rings. The lowest BCUT2D eigenvalue weighted by atomic mass is 9.90. The smallest absolute Gasteiger partial charge is 0.433 e. The minimum absolute atomic E-state index is 0.132. The van der Waals surface area contributed by atoms with Crippen molar-refractivity contribution in [3.8, 4) is 10.4 Å². The number of hydrogen-bond acceptors (Lipinski definition) is 6. The van der Waals surface area contributed by atoms with Gasteiger partial charge >= 0.3 is 12.1 Å². The van der Waals surface area contributed by atoms with Crippen LogP contribution in [-0.2, 0) is 17.4 Å². The second-order valence-corrected chi connectivity index (χ2v) is 9.16. The summed E-state index contributed by atoms with van der Waals surface area (Å²) in [5.41, 5.74) is 3.37. The van der Waals surface area contributed by atoms with Crippen molar-refractivity contribution >= 4 is 34.5 Å². The molecule has 0 saturated carbocycles. The maximum Gasteiger partial charge on any atom is 0.433 e. The van der Waals surface area contributed by atoms with E-state index in [4.69, 9.17) is 4.98 Å². The number of rotatable bonds is 6. The van der Waals surface area contributed by atoms with Gasteiger partial charge in [-0.25, -0.2) is 15.0 Å². The van der Waals surface area contributed by atoms with Gasteiger partial charge in [-0.3, -0.25) is 4.79 Å². The van der Waals surface area contributed by atoms with Gasteiger partial charge in [0, 0.05) is 11.9 Å². The van der Waals surface area contributed by atoms with Crippen LogP contribution in [0, 0.1) is 12.8 Å². The number of alkyl halides is 3. The molecule has 6 nitrogen and oxygen atoms in total. The number of hydrogen-bond donors (Lipinski definition) is 2. The average molecular weight is 489 g/mol. The van der Waals surface area contributed by atoms with Gasteiger partial charge in [0.15, 0.2) is 0 Å². The number of thiazole rings is 1. The van der Waals surface area contributed by atoms with Crippen LogP contribution < -0.4 is 5.32 Å². The number of aliphatic carboxylic acids is 1. The van der Waals surface area contributed by atoms with Crippen LogP contribution in [0.25, 0.3) is 16.0 Å². The molecule has 10 heteroatoms. The lowest BCUT2D eigenvalue weighted by molar-refractivity contribution is -0.142. The van der Waals surface area contributed by atoms with E-state index in [0.717, 1.165) is 44.5 Å². The first-order valence-corrected chi connectivity index (χ1v) is 11.7. The number of nitrogens with one attached hydrogen (secondary N) is 1. The van der Waals surface area contributed by atoms with Gasteiger partial charge in [0.25, 0.3) is 0 Å². The van der Waals surface area contributed by atoms with Crippen molar-refractivity contribution in [3.63, 3.8) is 0 Å². The number of nitrogens with zero attached hydrogens (tertiary/aromatic N) is 3. The Kier molecular flexibility index (Phi) is 6.70. The van der Waals surface area contributed by atoms with E-state index in [2.05, 4.69) is 15.3 Å². The molecule has 0 bridgehead atoms. The first kappa shape index (κ1) is 23.9. The van der Waals surface area contributed by atoms with E-state index < -0.39 is 17.8 Å². The first-order valence-electron chi connectivity index (χ1n) is 10.8. The van der Waals surface area contributed by atoms with Crippen LogP contribution in [0.15, 0.2) is 36.5 Å². The van der Waals surface area contributed by atoms with E-state index in [1.54, 1.807) is 11.3 Å². The van der Waals surface area contributed by atoms with Crippen molar-refractivity contribution in [2.24, 2.45) is 5.92 Å². The third-order valence-electron chi connectivity index (χ3n) is 5.61. The molecular formula is C24H23F3N4O2S. The van der Waals surface area contributed by atoms with Crippen LogP contribution >= 0.6 is 11.3 Å². The molecule has 0 amide bonds. The fourth-order valence-corrected chi connectivity index (χ4v) is 5.11. The minimum atomic E-state index is -4.55. The van der Waals surface area contributed by atoms with Crippen molar-refractivity contribution in [2.45, 2.75) is 45.7 Å². The van der Waals surface area contributed by atoms with Gasteiger partial charge in [0.05, 0.1) is 16.5 Å². The topological polar surface area (TPSA) is 88.0 Å². The van der Waals surface area contributed by atoms with Crippen LogP contribution in [0.5, 0.6) is 0 Å². The Bertz CT molecular complexity index is 1250. The highest BCUT2D eigenvalue weighted by atomic mass is 32.1. The largest absolute Gasteiger partial charge is 0.481 e. The molecule has 1 aliphatic rings. The summed E-state index contributed by atoms with van der Waals surface area (Å²) in [5.74, 6) is -1.25. The van der Waals surface area contributed by atoms with Crippen LogP contribution in [0.4, 0.5) is 24.8 Å². The van der Waals surface area contributed by atoms with E-state index in [9.17, 15) is 23.1 Å². The Hall–Kier alpha value is -3.27. The summed E-state index contributed by atoms with van der Waals surface area (Å²) in [6.07, 6.45) is 0.962. The number of carboxylic acids is 1. The Morgan fingerprint density at radius 2 is 2.06 bits per heavy atom. The molecule has 2 heterocycles. The lowest BCUT2D eigenvalue weighted by Gasteiger charge is -2.16. The van der Waals surface area contributed by atoms with Gasteiger partial charge in [0.2, 0.25) is 5.95 Å². The molecule has 3 aromatic rings. The molecule has 2 aromatic heterocycles. The molecule has 0 saturated heterocycles. The van der Waals surface area contributed by atoms with Gasteiger partial charge in [0.1, 0.15) is 10.7 Å². The summed E-state index contributed by atoms with van der Waals surface area (Å²) in [6, 6.07) is 6.50. The number of carbonyl (C=O) groups is 1. The van der Waals surface area contributed by atoms with Gasteiger partial charge < -0.3 is 10.4 Å². The van der Waals surface area contributed by atoms with E-state index in [1.165, 1.54) is 0 Å². The van der Waals surface area contributed by atoms with Crippen molar-refractivity contribution < 1.29 is 23.1 Å². The second kappa shape index (κ2) is 9.54. The number of aryl methyl sites for hydroxylation is 2. The van der Waals surface area contributed by atoms with Crippen molar-refractivity contribution in [1.29, 1.82) is 0 Å². The van der Waals surface area contributed by atoms with E-state index in [-0.39, 0.29) is 11.9 Å². The molecule has 0 spiro atoms. The Morgan fingerprint density at radius 3 is 2.71 bits per heavy atom. The number of allylic oxidation sites excluding steroid dienone is 2. The van der Waals surface area contributed by atoms with E-state index in [0.29, 0.717) is 31.4 Å². The molecular weight excluding hydrogens is 465 g/mol. The molecule has 4 rings (SSSR count). The van der Waals surface area contributed by atoms with Crippen molar-refractivity contribution in [3.05, 3.63) is 58.5 Å². The summed E-state index contributed by atoms with van der Waals surface area (Å²) in [6.45, 7) is 3.93. The highest BCUT2D eigenvalue weighted by molar-refractivity contribution is 7.16. The second-order valence-electron chi connectivity index (χ2n) is 8.16. The minimum Gasteiger partial charge on any atom is -0.481 e. The Morgan fingerprint density at radius 1 is 1.26 bits per heavy atom. The zero-order chi connectivity index (χ0) is 24.5. The maximum absolute atomic E-state index is 13.0. The highest BCUT2D eigenvalue weighted by Crippen LogP contribution is 2.39. The molecule has 1 aromatic carbocycles. The fourth-order valence-electron chi connectivity index (χ4n) is 3.90. The molecule has 34 heavy (non-hydrogen) atoms.